The highest BCUT2D eigenvalue weighted by Crippen LogP contribution is 2.25. The summed E-state index contributed by atoms with van der Waals surface area (Å²) in [5.74, 6) is -0.311. The van der Waals surface area contributed by atoms with E-state index in [-0.39, 0.29) is 11.5 Å². The second-order valence-electron chi connectivity index (χ2n) is 4.68. The lowest BCUT2D eigenvalue weighted by Gasteiger charge is -2.07. The number of nitrogens with zero attached hydrogens (tertiary/aromatic N) is 2. The Morgan fingerprint density at radius 1 is 1.19 bits per heavy atom. The second-order valence-corrected chi connectivity index (χ2v) is 5.11. The predicted molar refractivity (Wildman–Crippen MR) is 79.1 cm³/mol. The van der Waals surface area contributed by atoms with Gasteiger partial charge in [-0.15, -0.1) is 0 Å². The topological polar surface area (TPSA) is 48.1 Å². The highest BCUT2D eigenvalue weighted by Gasteiger charge is 2.15. The zero-order chi connectivity index (χ0) is 15.0. The molecule has 0 N–H and O–H groups in total. The SMILES string of the molecule is O=[N+]([O-])c1ccc(Cl)cc1Cn1ccc2cc(F)ccc21. The third-order valence-electron chi connectivity index (χ3n) is 3.31. The standard InChI is InChI=1S/C15H10ClFN2O2/c16-12-1-3-15(19(20)21)11(7-12)9-18-6-5-10-8-13(17)2-4-14(10)18/h1-8H,9H2. The van der Waals surface area contributed by atoms with Crippen LogP contribution >= 0.6 is 11.6 Å². The molecule has 0 aliphatic rings. The molecule has 0 bridgehead atoms. The lowest BCUT2D eigenvalue weighted by Crippen LogP contribution is -2.02. The Bertz CT molecular complexity index is 845. The minimum atomic E-state index is -0.434. The van der Waals surface area contributed by atoms with Crippen molar-refractivity contribution in [2.24, 2.45) is 0 Å². The molecule has 4 nitrogen and oxygen atoms in total. The van der Waals surface area contributed by atoms with Crippen LogP contribution < -0.4 is 0 Å². The zero-order valence-electron chi connectivity index (χ0n) is 10.8. The van der Waals surface area contributed by atoms with Crippen molar-refractivity contribution in [3.63, 3.8) is 0 Å². The minimum Gasteiger partial charge on any atom is -0.343 e. The van der Waals surface area contributed by atoms with E-state index in [0.717, 1.165) is 10.9 Å². The van der Waals surface area contributed by atoms with Crippen LogP contribution in [0.15, 0.2) is 48.7 Å². The van der Waals surface area contributed by atoms with Crippen molar-refractivity contribution in [1.29, 1.82) is 0 Å². The van der Waals surface area contributed by atoms with E-state index in [0.29, 0.717) is 17.1 Å². The van der Waals surface area contributed by atoms with Crippen molar-refractivity contribution >= 4 is 28.2 Å². The van der Waals surface area contributed by atoms with Gasteiger partial charge in [-0.25, -0.2) is 4.39 Å². The van der Waals surface area contributed by atoms with Gasteiger partial charge in [-0.05, 0) is 36.4 Å². The average molecular weight is 305 g/mol. The molecule has 1 heterocycles. The van der Waals surface area contributed by atoms with Gasteiger partial charge in [0.2, 0.25) is 0 Å². The number of hydrogen-bond donors (Lipinski definition) is 0. The molecule has 0 amide bonds. The minimum absolute atomic E-state index is 0.0170. The summed E-state index contributed by atoms with van der Waals surface area (Å²) in [7, 11) is 0. The Labute approximate surface area is 124 Å². The van der Waals surface area contributed by atoms with E-state index in [9.17, 15) is 14.5 Å². The Balaban J connectivity index is 2.06. The largest absolute Gasteiger partial charge is 0.343 e. The van der Waals surface area contributed by atoms with E-state index < -0.39 is 4.92 Å². The van der Waals surface area contributed by atoms with E-state index in [1.54, 1.807) is 24.4 Å². The van der Waals surface area contributed by atoms with Crippen LogP contribution in [-0.4, -0.2) is 9.49 Å². The first kappa shape index (κ1) is 13.6. The van der Waals surface area contributed by atoms with E-state index in [2.05, 4.69) is 0 Å². The predicted octanol–water partition coefficient (Wildman–Crippen LogP) is 4.39. The molecule has 0 fully saturated rings. The van der Waals surface area contributed by atoms with Crippen LogP contribution in [0.4, 0.5) is 10.1 Å². The first-order valence-corrected chi connectivity index (χ1v) is 6.59. The first-order valence-electron chi connectivity index (χ1n) is 6.22. The summed E-state index contributed by atoms with van der Waals surface area (Å²) in [6.45, 7) is 0.298. The molecule has 21 heavy (non-hydrogen) atoms. The molecule has 3 rings (SSSR count). The van der Waals surface area contributed by atoms with Crippen LogP contribution in [0.25, 0.3) is 10.9 Å². The van der Waals surface area contributed by atoms with Crippen LogP contribution in [0, 0.1) is 15.9 Å². The Morgan fingerprint density at radius 3 is 2.76 bits per heavy atom. The quantitative estimate of drug-likeness (QED) is 0.532. The number of fused-ring (bicyclic) bond motifs is 1. The fraction of sp³-hybridized carbons (Fsp3) is 0.0667. The normalized spacial score (nSPS) is 11.0. The van der Waals surface area contributed by atoms with Crippen LogP contribution in [0.2, 0.25) is 5.02 Å². The summed E-state index contributed by atoms with van der Waals surface area (Å²) in [4.78, 5) is 10.6. The maximum atomic E-state index is 13.2. The number of halogens is 2. The van der Waals surface area contributed by atoms with Crippen LogP contribution in [0.5, 0.6) is 0 Å². The fourth-order valence-electron chi connectivity index (χ4n) is 2.35. The average Bonchev–Trinajstić information content (AvgIpc) is 2.81. The second kappa shape index (κ2) is 5.18. The molecule has 6 heteroatoms. The summed E-state index contributed by atoms with van der Waals surface area (Å²) >= 11 is 5.92. The number of nitro benzene ring substituents is 1. The van der Waals surface area contributed by atoms with Crippen molar-refractivity contribution in [2.45, 2.75) is 6.54 Å². The summed E-state index contributed by atoms with van der Waals surface area (Å²) in [6, 6.07) is 10.7. The molecule has 2 aromatic carbocycles. The summed E-state index contributed by atoms with van der Waals surface area (Å²) in [6.07, 6.45) is 1.77. The number of aromatic nitrogens is 1. The highest BCUT2D eigenvalue weighted by molar-refractivity contribution is 6.30. The van der Waals surface area contributed by atoms with Gasteiger partial charge in [0.15, 0.2) is 0 Å². The highest BCUT2D eigenvalue weighted by atomic mass is 35.5. The van der Waals surface area contributed by atoms with Crippen LogP contribution in [0.3, 0.4) is 0 Å². The van der Waals surface area contributed by atoms with Crippen molar-refractivity contribution in [3.05, 3.63) is 75.2 Å². The van der Waals surface area contributed by atoms with Gasteiger partial charge in [0.25, 0.3) is 5.69 Å². The molecule has 0 saturated carbocycles. The molecule has 0 saturated heterocycles. The van der Waals surface area contributed by atoms with E-state index >= 15 is 0 Å². The third kappa shape index (κ3) is 2.60. The lowest BCUT2D eigenvalue weighted by atomic mass is 10.1. The molecule has 106 valence electrons. The van der Waals surface area contributed by atoms with Crippen molar-refractivity contribution in [1.82, 2.24) is 4.57 Å². The maximum absolute atomic E-state index is 13.2. The van der Waals surface area contributed by atoms with Gasteiger partial charge in [0.05, 0.1) is 17.0 Å². The monoisotopic (exact) mass is 304 g/mol. The molecule has 0 aliphatic carbocycles. The molecule has 3 aromatic rings. The number of benzene rings is 2. The van der Waals surface area contributed by atoms with Crippen molar-refractivity contribution in [3.8, 4) is 0 Å². The molecule has 1 aromatic heterocycles. The van der Waals surface area contributed by atoms with Gasteiger partial charge in [-0.1, -0.05) is 11.6 Å². The van der Waals surface area contributed by atoms with Gasteiger partial charge >= 0.3 is 0 Å². The Morgan fingerprint density at radius 2 is 2.00 bits per heavy atom. The maximum Gasteiger partial charge on any atom is 0.274 e. The zero-order valence-corrected chi connectivity index (χ0v) is 11.5. The summed E-state index contributed by atoms with van der Waals surface area (Å²) in [5.41, 5.74) is 1.34. The van der Waals surface area contributed by atoms with E-state index in [1.807, 2.05) is 4.57 Å². The van der Waals surface area contributed by atoms with Crippen LogP contribution in [-0.2, 0) is 6.54 Å². The Hall–Kier alpha value is -2.40. The van der Waals surface area contributed by atoms with Gasteiger partial charge in [0, 0.05) is 28.2 Å². The number of nitro groups is 1. The van der Waals surface area contributed by atoms with Gasteiger partial charge in [-0.3, -0.25) is 10.1 Å². The number of hydrogen-bond acceptors (Lipinski definition) is 2. The van der Waals surface area contributed by atoms with Gasteiger partial charge < -0.3 is 4.57 Å². The van der Waals surface area contributed by atoms with Crippen LogP contribution in [0.1, 0.15) is 5.56 Å². The van der Waals surface area contributed by atoms with Crippen molar-refractivity contribution < 1.29 is 9.31 Å². The first-order chi connectivity index (χ1) is 10.0. The fourth-order valence-corrected chi connectivity index (χ4v) is 2.55. The van der Waals surface area contributed by atoms with E-state index in [4.69, 9.17) is 11.6 Å². The smallest absolute Gasteiger partial charge is 0.274 e. The van der Waals surface area contributed by atoms with Crippen molar-refractivity contribution in [2.75, 3.05) is 0 Å². The lowest BCUT2D eigenvalue weighted by molar-refractivity contribution is -0.385. The molecular weight excluding hydrogens is 295 g/mol. The molecule has 0 aliphatic heterocycles. The number of rotatable bonds is 3. The molecule has 0 spiro atoms. The molecule has 0 atom stereocenters. The summed E-state index contributed by atoms with van der Waals surface area (Å²) in [5, 5.41) is 12.3. The van der Waals surface area contributed by atoms with Gasteiger partial charge in [0.1, 0.15) is 5.82 Å². The third-order valence-corrected chi connectivity index (χ3v) is 3.55. The molecule has 0 unspecified atom stereocenters. The molecule has 0 radical (unpaired) electrons. The molecular formula is C15H10ClFN2O2. The van der Waals surface area contributed by atoms with Gasteiger partial charge in [-0.2, -0.15) is 0 Å². The Kier molecular flexibility index (Phi) is 3.35. The van der Waals surface area contributed by atoms with E-state index in [1.165, 1.54) is 24.3 Å². The summed E-state index contributed by atoms with van der Waals surface area (Å²) < 4.78 is 15.0.